The molecule has 22 heavy (non-hydrogen) atoms. The zero-order valence-electron chi connectivity index (χ0n) is 13.3. The van der Waals surface area contributed by atoms with Gasteiger partial charge in [-0.25, -0.2) is 0 Å². The summed E-state index contributed by atoms with van der Waals surface area (Å²) in [4.78, 5) is 24.3. The Morgan fingerprint density at radius 2 is 1.82 bits per heavy atom. The highest BCUT2D eigenvalue weighted by Gasteiger charge is 2.27. The van der Waals surface area contributed by atoms with E-state index in [4.69, 9.17) is 5.73 Å². The van der Waals surface area contributed by atoms with Crippen LogP contribution in [0.25, 0.3) is 0 Å². The highest BCUT2D eigenvalue weighted by molar-refractivity contribution is 5.89. The van der Waals surface area contributed by atoms with Crippen LogP contribution in [0.3, 0.4) is 0 Å². The van der Waals surface area contributed by atoms with E-state index in [1.54, 1.807) is 45.0 Å². The zero-order chi connectivity index (χ0) is 16.8. The van der Waals surface area contributed by atoms with Crippen molar-refractivity contribution in [3.05, 3.63) is 29.8 Å². The molecular weight excluding hydrogens is 282 g/mol. The lowest BCUT2D eigenvalue weighted by Gasteiger charge is -2.24. The van der Waals surface area contributed by atoms with Crippen molar-refractivity contribution in [3.8, 4) is 5.75 Å². The summed E-state index contributed by atoms with van der Waals surface area (Å²) >= 11 is 0. The normalized spacial score (nSPS) is 12.5. The number of nitrogens with one attached hydrogen (secondary N) is 2. The van der Waals surface area contributed by atoms with E-state index < -0.39 is 11.5 Å². The lowest BCUT2D eigenvalue weighted by atomic mass is 9.94. The third kappa shape index (κ3) is 5.73. The molecule has 2 amide bonds. The predicted octanol–water partition coefficient (Wildman–Crippen LogP) is 0.541. The summed E-state index contributed by atoms with van der Waals surface area (Å²) in [5.74, 6) is -0.304. The molecule has 1 rings (SSSR count). The Morgan fingerprint density at radius 1 is 1.23 bits per heavy atom. The second-order valence-corrected chi connectivity index (χ2v) is 6.23. The molecule has 122 valence electrons. The van der Waals surface area contributed by atoms with Gasteiger partial charge in [0.25, 0.3) is 0 Å². The summed E-state index contributed by atoms with van der Waals surface area (Å²) in [6.07, 6.45) is 0.346. The SMILES string of the molecule is CC(C)(C)C(=O)NC(Cc1ccc(O)cc1)C(=O)NCCN. The molecule has 0 aliphatic heterocycles. The summed E-state index contributed by atoms with van der Waals surface area (Å²) in [7, 11) is 0. The number of carbonyl (C=O) groups excluding carboxylic acids is 2. The van der Waals surface area contributed by atoms with Crippen LogP contribution in [0.1, 0.15) is 26.3 Å². The van der Waals surface area contributed by atoms with Gasteiger partial charge in [0, 0.05) is 24.9 Å². The van der Waals surface area contributed by atoms with Crippen LogP contribution in [0.15, 0.2) is 24.3 Å². The monoisotopic (exact) mass is 307 g/mol. The summed E-state index contributed by atoms with van der Waals surface area (Å²) in [5.41, 5.74) is 5.65. The molecule has 0 radical (unpaired) electrons. The number of rotatable bonds is 6. The average molecular weight is 307 g/mol. The van der Waals surface area contributed by atoms with Crippen LogP contribution >= 0.6 is 0 Å². The molecule has 0 spiro atoms. The third-order valence-electron chi connectivity index (χ3n) is 3.12. The number of carbonyl (C=O) groups is 2. The number of amides is 2. The van der Waals surface area contributed by atoms with Crippen molar-refractivity contribution < 1.29 is 14.7 Å². The van der Waals surface area contributed by atoms with Gasteiger partial charge in [0.15, 0.2) is 0 Å². The number of hydrogen-bond acceptors (Lipinski definition) is 4. The van der Waals surface area contributed by atoms with Gasteiger partial charge in [-0.15, -0.1) is 0 Å². The number of aromatic hydroxyl groups is 1. The molecule has 1 unspecified atom stereocenters. The van der Waals surface area contributed by atoms with E-state index in [9.17, 15) is 14.7 Å². The molecule has 0 saturated carbocycles. The van der Waals surface area contributed by atoms with Crippen molar-refractivity contribution in [2.75, 3.05) is 13.1 Å². The van der Waals surface area contributed by atoms with Gasteiger partial charge in [0.1, 0.15) is 11.8 Å². The minimum absolute atomic E-state index is 0.159. The van der Waals surface area contributed by atoms with Crippen molar-refractivity contribution in [1.29, 1.82) is 0 Å². The fourth-order valence-corrected chi connectivity index (χ4v) is 1.77. The molecule has 0 aliphatic carbocycles. The molecule has 6 nitrogen and oxygen atoms in total. The molecule has 0 aromatic heterocycles. The van der Waals surface area contributed by atoms with Gasteiger partial charge < -0.3 is 21.5 Å². The van der Waals surface area contributed by atoms with Crippen LogP contribution < -0.4 is 16.4 Å². The molecule has 0 bridgehead atoms. The standard InChI is InChI=1S/C16H25N3O3/c1-16(2,3)15(22)19-13(14(21)18-9-8-17)10-11-4-6-12(20)7-5-11/h4-7,13,20H,8-10,17H2,1-3H3,(H,18,21)(H,19,22). The Morgan fingerprint density at radius 3 is 2.32 bits per heavy atom. The molecular formula is C16H25N3O3. The quantitative estimate of drug-likeness (QED) is 0.615. The molecule has 1 aromatic rings. The summed E-state index contributed by atoms with van der Waals surface area (Å²) in [6, 6.07) is 5.87. The Bertz CT molecular complexity index is 506. The molecule has 1 atom stereocenters. The largest absolute Gasteiger partial charge is 0.508 e. The summed E-state index contributed by atoms with van der Waals surface area (Å²) < 4.78 is 0. The first-order valence-corrected chi connectivity index (χ1v) is 7.30. The lowest BCUT2D eigenvalue weighted by molar-refractivity contribution is -0.133. The Labute approximate surface area is 131 Å². The number of benzene rings is 1. The van der Waals surface area contributed by atoms with Crippen LogP contribution in [-0.4, -0.2) is 36.1 Å². The average Bonchev–Trinajstić information content (AvgIpc) is 2.45. The van der Waals surface area contributed by atoms with Gasteiger partial charge in [-0.3, -0.25) is 9.59 Å². The van der Waals surface area contributed by atoms with Crippen LogP contribution in [-0.2, 0) is 16.0 Å². The maximum atomic E-state index is 12.2. The topological polar surface area (TPSA) is 104 Å². The van der Waals surface area contributed by atoms with E-state index in [0.29, 0.717) is 19.5 Å². The van der Waals surface area contributed by atoms with E-state index in [0.717, 1.165) is 5.56 Å². The van der Waals surface area contributed by atoms with Crippen LogP contribution in [0.4, 0.5) is 0 Å². The molecule has 0 aliphatic rings. The fraction of sp³-hybridized carbons (Fsp3) is 0.500. The van der Waals surface area contributed by atoms with Crippen molar-refractivity contribution in [2.45, 2.75) is 33.2 Å². The Kier molecular flexibility index (Phi) is 6.37. The predicted molar refractivity (Wildman–Crippen MR) is 85.3 cm³/mol. The highest BCUT2D eigenvalue weighted by Crippen LogP contribution is 2.15. The molecule has 0 heterocycles. The van der Waals surface area contributed by atoms with E-state index in [1.807, 2.05) is 0 Å². The maximum absolute atomic E-state index is 12.2. The lowest BCUT2D eigenvalue weighted by Crippen LogP contribution is -2.51. The van der Waals surface area contributed by atoms with E-state index in [2.05, 4.69) is 10.6 Å². The summed E-state index contributed by atoms with van der Waals surface area (Å²) in [6.45, 7) is 6.06. The number of phenols is 1. The van der Waals surface area contributed by atoms with E-state index in [1.165, 1.54) is 0 Å². The fourth-order valence-electron chi connectivity index (χ4n) is 1.77. The number of nitrogens with two attached hydrogens (primary N) is 1. The van der Waals surface area contributed by atoms with Crippen LogP contribution in [0, 0.1) is 5.41 Å². The molecule has 0 saturated heterocycles. The van der Waals surface area contributed by atoms with E-state index in [-0.39, 0.29) is 17.6 Å². The Hall–Kier alpha value is -2.08. The zero-order valence-corrected chi connectivity index (χ0v) is 13.3. The Balaban J connectivity index is 2.83. The van der Waals surface area contributed by atoms with Crippen LogP contribution in [0.2, 0.25) is 0 Å². The molecule has 6 heteroatoms. The second-order valence-electron chi connectivity index (χ2n) is 6.23. The van der Waals surface area contributed by atoms with Crippen molar-refractivity contribution in [2.24, 2.45) is 11.1 Å². The van der Waals surface area contributed by atoms with Gasteiger partial charge in [-0.05, 0) is 17.7 Å². The van der Waals surface area contributed by atoms with Gasteiger partial charge >= 0.3 is 0 Å². The van der Waals surface area contributed by atoms with Gasteiger partial charge in [0.2, 0.25) is 11.8 Å². The van der Waals surface area contributed by atoms with Gasteiger partial charge in [-0.2, -0.15) is 0 Å². The highest BCUT2D eigenvalue weighted by atomic mass is 16.3. The smallest absolute Gasteiger partial charge is 0.242 e. The van der Waals surface area contributed by atoms with Crippen molar-refractivity contribution >= 4 is 11.8 Å². The maximum Gasteiger partial charge on any atom is 0.242 e. The number of hydrogen-bond donors (Lipinski definition) is 4. The van der Waals surface area contributed by atoms with Crippen molar-refractivity contribution in [1.82, 2.24) is 10.6 Å². The third-order valence-corrected chi connectivity index (χ3v) is 3.12. The molecule has 1 aromatic carbocycles. The van der Waals surface area contributed by atoms with Gasteiger partial charge in [-0.1, -0.05) is 32.9 Å². The minimum Gasteiger partial charge on any atom is -0.508 e. The molecule has 0 fully saturated rings. The van der Waals surface area contributed by atoms with Gasteiger partial charge in [0.05, 0.1) is 0 Å². The first-order chi connectivity index (χ1) is 10.2. The van der Waals surface area contributed by atoms with E-state index >= 15 is 0 Å². The first-order valence-electron chi connectivity index (χ1n) is 7.30. The van der Waals surface area contributed by atoms with Crippen molar-refractivity contribution in [3.63, 3.8) is 0 Å². The number of phenolic OH excluding ortho intramolecular Hbond substituents is 1. The summed E-state index contributed by atoms with van der Waals surface area (Å²) in [5, 5.41) is 14.8. The minimum atomic E-state index is -0.678. The first kappa shape index (κ1) is 18.0. The molecule has 5 N–H and O–H groups in total. The van der Waals surface area contributed by atoms with Crippen LogP contribution in [0.5, 0.6) is 5.75 Å². The second kappa shape index (κ2) is 7.79.